The van der Waals surface area contributed by atoms with Gasteiger partial charge in [0.1, 0.15) is 24.2 Å². The van der Waals surface area contributed by atoms with Gasteiger partial charge in [-0.1, -0.05) is 68.9 Å². The normalized spacial score (nSPS) is 29.3. The number of Topliss-reactive ketones (excluding diaryl/α,β-unsaturated/α-hetero) is 1. The lowest BCUT2D eigenvalue weighted by Gasteiger charge is -2.46. The smallest absolute Gasteiger partial charge is 0.244 e. The van der Waals surface area contributed by atoms with Crippen molar-refractivity contribution in [3.8, 4) is 0 Å². The Bertz CT molecular complexity index is 1970. The standard InChI is InChI=1S/C45H75N11O13S3/c1-8-23(2)38-43(67)50-19-36(62)52-31-22-70-28(7)51-24(3)14-25(4)69-45(11-9-13-71-72-26(5)10-12-46,40(64)30(16-34(47)60)53-41(31)65)56-20-29(58)15-32(56)42(66)55-39(27(6)33(59)21-57)44(68)49-17-35(61)48-18-37(63)54-38/h23,25-27,29-33,38-39,51,57-59H,3,7-22,46H2,1-2,4-6H3,(H2,47,60)(H,48,61)(H,49,68)(H,50,67)(H,52,62)(H,53,65)(H,54,63)(H,55,66)/t23-,25?,26?,27-,29+,30-,31?,32-,33-,38-,39-,45?/m0/s1. The van der Waals surface area contributed by atoms with Crippen LogP contribution in [0.1, 0.15) is 79.6 Å². The van der Waals surface area contributed by atoms with Crippen LogP contribution in [-0.2, 0) is 47.9 Å². The van der Waals surface area contributed by atoms with Crippen LogP contribution < -0.4 is 54.0 Å². The highest BCUT2D eigenvalue weighted by atomic mass is 33.1. The summed E-state index contributed by atoms with van der Waals surface area (Å²) in [5.41, 5.74) is 9.62. The van der Waals surface area contributed by atoms with Crippen LogP contribution >= 0.6 is 33.3 Å². The number of rotatable bonds is 15. The second kappa shape index (κ2) is 30.0. The summed E-state index contributed by atoms with van der Waals surface area (Å²) in [5, 5.41) is 53.1. The van der Waals surface area contributed by atoms with Crippen LogP contribution in [-0.4, -0.2) is 184 Å². The van der Waals surface area contributed by atoms with Gasteiger partial charge in [0.25, 0.3) is 0 Å². The van der Waals surface area contributed by atoms with Gasteiger partial charge < -0.3 is 74.1 Å². The molecule has 3 heterocycles. The zero-order valence-corrected chi connectivity index (χ0v) is 44.1. The van der Waals surface area contributed by atoms with Crippen LogP contribution in [0.2, 0.25) is 0 Å². The summed E-state index contributed by atoms with van der Waals surface area (Å²) in [6.07, 6.45) is -3.77. The minimum atomic E-state index is -2.27. The monoisotopic (exact) mass is 1070 g/mol. The number of aliphatic hydroxyl groups excluding tert-OH is 3. The summed E-state index contributed by atoms with van der Waals surface area (Å²) in [7, 11) is 3.06. The maximum Gasteiger partial charge on any atom is 0.244 e. The first-order chi connectivity index (χ1) is 34.0. The summed E-state index contributed by atoms with van der Waals surface area (Å²) in [6, 6.07) is -7.60. The van der Waals surface area contributed by atoms with Gasteiger partial charge in [-0.05, 0) is 45.1 Å². The highest BCUT2D eigenvalue weighted by molar-refractivity contribution is 8.76. The van der Waals surface area contributed by atoms with E-state index in [1.807, 2.05) is 6.92 Å². The molecule has 0 aromatic rings. The van der Waals surface area contributed by atoms with Gasteiger partial charge in [-0.15, -0.1) is 11.8 Å². The molecule has 406 valence electrons. The number of aliphatic hydroxyl groups is 3. The third-order valence-electron chi connectivity index (χ3n) is 12.3. The van der Waals surface area contributed by atoms with Crippen LogP contribution in [0.5, 0.6) is 0 Å². The molecule has 12 atom stereocenters. The van der Waals surface area contributed by atoms with Gasteiger partial charge >= 0.3 is 0 Å². The number of carbonyl (C=O) groups is 9. The van der Waals surface area contributed by atoms with Gasteiger partial charge in [-0.2, -0.15) is 0 Å². The number of primary amides is 1. The number of nitrogens with one attached hydrogen (secondary N) is 8. The van der Waals surface area contributed by atoms with E-state index in [1.54, 1.807) is 31.6 Å². The molecule has 15 N–H and O–H groups in total. The first-order valence-corrected chi connectivity index (χ1v) is 27.3. The molecule has 0 radical (unpaired) electrons. The highest BCUT2D eigenvalue weighted by Crippen LogP contribution is 2.38. The van der Waals surface area contributed by atoms with Crippen LogP contribution in [0.15, 0.2) is 23.9 Å². The van der Waals surface area contributed by atoms with E-state index in [0.29, 0.717) is 29.4 Å². The molecule has 3 aliphatic heterocycles. The fraction of sp³-hybridized carbons (Fsp3) is 0.711. The van der Waals surface area contributed by atoms with E-state index in [4.69, 9.17) is 16.2 Å². The number of ketones is 1. The molecule has 0 aromatic heterocycles. The van der Waals surface area contributed by atoms with Crippen molar-refractivity contribution in [3.63, 3.8) is 0 Å². The van der Waals surface area contributed by atoms with Crippen molar-refractivity contribution in [1.29, 1.82) is 0 Å². The number of hydrogen-bond donors (Lipinski definition) is 13. The first kappa shape index (κ1) is 61.8. The predicted molar refractivity (Wildman–Crippen MR) is 273 cm³/mol. The van der Waals surface area contributed by atoms with Gasteiger partial charge in [-0.25, -0.2) is 0 Å². The van der Waals surface area contributed by atoms with E-state index in [-0.39, 0.29) is 36.7 Å². The lowest BCUT2D eigenvalue weighted by Crippen LogP contribution is -2.68. The Balaban J connectivity index is 2.32. The van der Waals surface area contributed by atoms with Crippen molar-refractivity contribution in [2.45, 2.75) is 139 Å². The largest absolute Gasteiger partial charge is 0.394 e. The Morgan fingerprint density at radius 1 is 0.917 bits per heavy atom. The van der Waals surface area contributed by atoms with Crippen molar-refractivity contribution in [2.75, 3.05) is 50.8 Å². The number of nitrogens with zero attached hydrogens (tertiary/aromatic N) is 1. The topological polar surface area (TPSA) is 375 Å². The first-order valence-electron chi connectivity index (χ1n) is 24.0. The van der Waals surface area contributed by atoms with Gasteiger partial charge in [0.15, 0.2) is 5.72 Å². The highest BCUT2D eigenvalue weighted by Gasteiger charge is 2.56. The molecule has 8 amide bonds. The van der Waals surface area contributed by atoms with Gasteiger partial charge in [-0.3, -0.25) is 48.1 Å². The number of nitrogens with two attached hydrogens (primary N) is 2. The molecule has 2 bridgehead atoms. The van der Waals surface area contributed by atoms with E-state index in [2.05, 4.69) is 55.7 Å². The molecule has 4 unspecified atom stereocenters. The third kappa shape index (κ3) is 18.8. The minimum absolute atomic E-state index is 0.0280. The second-order valence-corrected chi connectivity index (χ2v) is 22.3. The predicted octanol–water partition coefficient (Wildman–Crippen LogP) is -3.09. The molecule has 27 heteroatoms. The maximum absolute atomic E-state index is 15.8. The number of hydrogen-bond acceptors (Lipinski definition) is 19. The van der Waals surface area contributed by atoms with E-state index < -0.39 is 158 Å². The summed E-state index contributed by atoms with van der Waals surface area (Å²) in [4.78, 5) is 126. The average Bonchev–Trinajstić information content (AvgIpc) is 3.73. The molecular weight excluding hydrogens is 999 g/mol. The van der Waals surface area contributed by atoms with Gasteiger partial charge in [0, 0.05) is 41.3 Å². The number of amides is 8. The number of ether oxygens (including phenoxy) is 1. The zero-order chi connectivity index (χ0) is 53.9. The Morgan fingerprint density at radius 2 is 1.56 bits per heavy atom. The molecule has 3 saturated heterocycles. The Labute approximate surface area is 432 Å². The molecule has 3 rings (SSSR count). The SMILES string of the molecule is C=C1CC(C)OC2(CCCSSC(C)CCN)C(=O)[C@H](CC(N)=O)NC(=O)C(CSC(=C)N1)NC(=O)CNC(=O)[C@H]([C@@H](C)CC)NC(=O)CNC(=O)CNC(=O)[C@H]([C@@H](C)[C@@H](O)CO)NC(=O)[C@@H]1C[C@@H](O)CN12. The van der Waals surface area contributed by atoms with Crippen molar-refractivity contribution < 1.29 is 63.2 Å². The van der Waals surface area contributed by atoms with Crippen molar-refractivity contribution in [1.82, 2.24) is 47.4 Å². The molecule has 0 aliphatic carbocycles. The van der Waals surface area contributed by atoms with Crippen molar-refractivity contribution in [3.05, 3.63) is 23.9 Å². The summed E-state index contributed by atoms with van der Waals surface area (Å²) in [5.74, 6) is -9.64. The third-order valence-corrected chi connectivity index (χ3v) is 16.3. The quantitative estimate of drug-likeness (QED) is 0.0571. The molecule has 24 nitrogen and oxygen atoms in total. The summed E-state index contributed by atoms with van der Waals surface area (Å²) >= 11 is 1.01. The fourth-order valence-corrected chi connectivity index (χ4v) is 11.5. The van der Waals surface area contributed by atoms with Crippen LogP contribution in [0.4, 0.5) is 0 Å². The van der Waals surface area contributed by atoms with Crippen LogP contribution in [0, 0.1) is 11.8 Å². The molecule has 3 aliphatic rings. The Hall–Kier alpha value is -4.48. The molecule has 72 heavy (non-hydrogen) atoms. The van der Waals surface area contributed by atoms with E-state index in [9.17, 15) is 53.7 Å². The molecular formula is C45H75N11O13S3. The molecule has 0 spiro atoms. The van der Waals surface area contributed by atoms with Crippen molar-refractivity contribution >= 4 is 86.4 Å². The lowest BCUT2D eigenvalue weighted by atomic mass is 9.90. The van der Waals surface area contributed by atoms with Crippen LogP contribution in [0.3, 0.4) is 0 Å². The number of fused-ring (bicyclic) bond motifs is 7. The summed E-state index contributed by atoms with van der Waals surface area (Å²) < 4.78 is 6.85. The van der Waals surface area contributed by atoms with Gasteiger partial charge in [0.2, 0.25) is 53.0 Å². The van der Waals surface area contributed by atoms with Crippen LogP contribution in [0.25, 0.3) is 0 Å². The van der Waals surface area contributed by atoms with E-state index >= 15 is 4.79 Å². The Kier molecular flexibility index (Phi) is 25.8. The summed E-state index contributed by atoms with van der Waals surface area (Å²) in [6.45, 7) is 13.7. The lowest BCUT2D eigenvalue weighted by molar-refractivity contribution is -0.202. The average molecular weight is 1070 g/mol. The van der Waals surface area contributed by atoms with E-state index in [0.717, 1.165) is 18.2 Å². The zero-order valence-electron chi connectivity index (χ0n) is 41.6. The minimum Gasteiger partial charge on any atom is -0.394 e. The molecule has 3 fully saturated rings. The van der Waals surface area contributed by atoms with Crippen molar-refractivity contribution in [2.24, 2.45) is 23.3 Å². The Morgan fingerprint density at radius 3 is 2.19 bits per heavy atom. The molecule has 0 saturated carbocycles. The molecule has 0 aromatic carbocycles. The number of thioether (sulfide) groups is 1. The van der Waals surface area contributed by atoms with Gasteiger partial charge in [0.05, 0.1) is 62.0 Å². The fourth-order valence-electron chi connectivity index (χ4n) is 8.24. The van der Waals surface area contributed by atoms with E-state index in [1.165, 1.54) is 22.6 Å². The number of carbonyl (C=O) groups excluding carboxylic acids is 9. The maximum atomic E-state index is 15.8. The second-order valence-electron chi connectivity index (χ2n) is 18.3.